The van der Waals surface area contributed by atoms with Gasteiger partial charge in [-0.1, -0.05) is 50.5 Å². The number of amides is 1. The number of nitrogens with one attached hydrogen (secondary N) is 2. The first kappa shape index (κ1) is 33.8. The summed E-state index contributed by atoms with van der Waals surface area (Å²) in [6.45, 7) is 3.46. The molecule has 1 aromatic carbocycles. The predicted molar refractivity (Wildman–Crippen MR) is 154 cm³/mol. The van der Waals surface area contributed by atoms with Crippen LogP contribution < -0.4 is 15.8 Å². The van der Waals surface area contributed by atoms with E-state index in [1.165, 1.54) is 30.0 Å². The van der Waals surface area contributed by atoms with Crippen LogP contribution in [0.15, 0.2) is 35.4 Å². The molecule has 0 spiro atoms. The fourth-order valence-electron chi connectivity index (χ4n) is 3.77. The molecule has 2 aromatic rings. The Labute approximate surface area is 242 Å². The molecule has 4 N–H and O–H groups in total. The Bertz CT molecular complexity index is 1280. The summed E-state index contributed by atoms with van der Waals surface area (Å²) < 4.78 is 78.7. The number of thiocarbonyl (C=S) groups is 1. The Balaban J connectivity index is 0.00000103. The van der Waals surface area contributed by atoms with Gasteiger partial charge in [-0.15, -0.1) is 11.8 Å². The molecular weight excluding hydrogens is 589 g/mol. The van der Waals surface area contributed by atoms with Gasteiger partial charge < -0.3 is 11.1 Å². The van der Waals surface area contributed by atoms with E-state index in [0.717, 1.165) is 56.9 Å². The number of carbonyl (C=O) groups is 1. The van der Waals surface area contributed by atoms with Gasteiger partial charge in [0, 0.05) is 17.4 Å². The SMILES string of the molecule is CC(C(=O)NCc1ccc(C(F)(F)F)nc1SC1CCCCC1)c1ccc(NS(C)(=O)=O)c(F)c1.CCC(N)=S. The lowest BCUT2D eigenvalue weighted by Crippen LogP contribution is -2.28. The lowest BCUT2D eigenvalue weighted by atomic mass is 9.99. The third kappa shape index (κ3) is 11.2. The number of hydrogen-bond donors (Lipinski definition) is 3. The van der Waals surface area contributed by atoms with Gasteiger partial charge in [-0.25, -0.2) is 17.8 Å². The van der Waals surface area contributed by atoms with Crippen molar-refractivity contribution in [3.63, 3.8) is 0 Å². The number of hydrogen-bond acceptors (Lipinski definition) is 6. The quantitative estimate of drug-likeness (QED) is 0.228. The molecule has 0 radical (unpaired) electrons. The number of carbonyl (C=O) groups excluding carboxylic acids is 1. The molecule has 1 unspecified atom stereocenters. The van der Waals surface area contributed by atoms with Crippen molar-refractivity contribution in [2.24, 2.45) is 5.73 Å². The molecule has 40 heavy (non-hydrogen) atoms. The number of sulfonamides is 1. The minimum absolute atomic E-state index is 0.0282. The average Bonchev–Trinajstić information content (AvgIpc) is 2.88. The first-order valence-corrected chi connectivity index (χ1v) is 15.9. The summed E-state index contributed by atoms with van der Waals surface area (Å²) in [6.07, 6.45) is 2.11. The Morgan fingerprint density at radius 1 is 1.20 bits per heavy atom. The van der Waals surface area contributed by atoms with Crippen LogP contribution in [0.4, 0.5) is 23.2 Å². The summed E-state index contributed by atoms with van der Waals surface area (Å²) in [4.78, 5) is 17.2. The zero-order valence-electron chi connectivity index (χ0n) is 22.5. The molecular formula is C26H34F4N4O3S3. The monoisotopic (exact) mass is 622 g/mol. The lowest BCUT2D eigenvalue weighted by molar-refractivity contribution is -0.141. The molecule has 1 amide bonds. The van der Waals surface area contributed by atoms with Crippen LogP contribution in [0.2, 0.25) is 0 Å². The van der Waals surface area contributed by atoms with Crippen LogP contribution in [0.1, 0.15) is 75.1 Å². The van der Waals surface area contributed by atoms with Gasteiger partial charge in [-0.05, 0) is 49.9 Å². The number of nitrogens with zero attached hydrogens (tertiary/aromatic N) is 1. The first-order chi connectivity index (χ1) is 18.6. The molecule has 14 heteroatoms. The van der Waals surface area contributed by atoms with Crippen LogP contribution in [-0.4, -0.2) is 35.8 Å². The maximum atomic E-state index is 14.3. The summed E-state index contributed by atoms with van der Waals surface area (Å²) in [7, 11) is -3.66. The van der Waals surface area contributed by atoms with Gasteiger partial charge in [0.1, 0.15) is 16.5 Å². The summed E-state index contributed by atoms with van der Waals surface area (Å²) in [5.74, 6) is -2.07. The fraction of sp³-hybridized carbons (Fsp3) is 0.500. The number of nitrogens with two attached hydrogens (primary N) is 1. The number of benzene rings is 1. The Kier molecular flexibility index (Phi) is 12.6. The van der Waals surface area contributed by atoms with E-state index in [1.807, 2.05) is 6.92 Å². The summed E-state index contributed by atoms with van der Waals surface area (Å²) >= 11 is 5.79. The topological polar surface area (TPSA) is 114 Å². The van der Waals surface area contributed by atoms with Crippen molar-refractivity contribution in [2.45, 2.75) is 81.3 Å². The molecule has 1 fully saturated rings. The third-order valence-electron chi connectivity index (χ3n) is 6.04. The molecule has 1 atom stereocenters. The minimum Gasteiger partial charge on any atom is -0.393 e. The Hall–Kier alpha value is -2.45. The van der Waals surface area contributed by atoms with Gasteiger partial charge in [0.15, 0.2) is 0 Å². The van der Waals surface area contributed by atoms with Crippen LogP contribution in [0.3, 0.4) is 0 Å². The molecule has 1 aliphatic rings. The van der Waals surface area contributed by atoms with Gasteiger partial charge >= 0.3 is 6.18 Å². The van der Waals surface area contributed by atoms with E-state index in [0.29, 0.717) is 16.1 Å². The molecule has 7 nitrogen and oxygen atoms in total. The van der Waals surface area contributed by atoms with Crippen molar-refractivity contribution in [2.75, 3.05) is 11.0 Å². The third-order valence-corrected chi connectivity index (χ3v) is 8.30. The standard InChI is InChI=1S/C23H27F4N3O3S2.C3H7NS/c1-14(15-8-10-19(18(24)12-15)30-35(2,32)33)21(31)28-13-16-9-11-20(23(25,26)27)29-22(16)34-17-6-4-3-5-7-17;1-2-3(4)5/h8-12,14,17,30H,3-7,13H2,1-2H3,(H,28,31);2H2,1H3,(H2,4,5). The second kappa shape index (κ2) is 15.0. The number of rotatable bonds is 9. The van der Waals surface area contributed by atoms with Gasteiger partial charge in [-0.3, -0.25) is 9.52 Å². The van der Waals surface area contributed by atoms with Crippen LogP contribution >= 0.6 is 24.0 Å². The molecule has 1 saturated carbocycles. The number of alkyl halides is 3. The highest BCUT2D eigenvalue weighted by Crippen LogP contribution is 2.37. The van der Waals surface area contributed by atoms with Crippen LogP contribution in [0.5, 0.6) is 0 Å². The number of thioether (sulfide) groups is 1. The van der Waals surface area contributed by atoms with Crippen LogP contribution in [-0.2, 0) is 27.5 Å². The minimum atomic E-state index is -4.57. The van der Waals surface area contributed by atoms with Gasteiger partial charge in [0.05, 0.1) is 22.8 Å². The smallest absolute Gasteiger partial charge is 0.393 e. The largest absolute Gasteiger partial charge is 0.433 e. The highest BCUT2D eigenvalue weighted by Gasteiger charge is 2.33. The van der Waals surface area contributed by atoms with Gasteiger partial charge in [0.2, 0.25) is 15.9 Å². The first-order valence-electron chi connectivity index (χ1n) is 12.7. The predicted octanol–water partition coefficient (Wildman–Crippen LogP) is 6.14. The molecule has 0 saturated heterocycles. The molecule has 1 aromatic heterocycles. The highest BCUT2D eigenvalue weighted by atomic mass is 32.2. The van der Waals surface area contributed by atoms with Gasteiger partial charge in [0.25, 0.3) is 0 Å². The molecule has 0 bridgehead atoms. The van der Waals surface area contributed by atoms with Gasteiger partial charge in [-0.2, -0.15) is 13.2 Å². The van der Waals surface area contributed by atoms with E-state index < -0.39 is 39.5 Å². The zero-order valence-corrected chi connectivity index (χ0v) is 24.9. The van der Waals surface area contributed by atoms with E-state index in [4.69, 9.17) is 5.73 Å². The Morgan fingerprint density at radius 2 is 1.82 bits per heavy atom. The van der Waals surface area contributed by atoms with E-state index in [9.17, 15) is 30.8 Å². The summed E-state index contributed by atoms with van der Waals surface area (Å²) in [6, 6.07) is 5.97. The second-order valence-corrected chi connectivity index (χ2v) is 13.0. The number of aromatic nitrogens is 1. The molecule has 222 valence electrons. The van der Waals surface area contributed by atoms with Crippen molar-refractivity contribution in [1.82, 2.24) is 10.3 Å². The van der Waals surface area contributed by atoms with Crippen LogP contribution in [0.25, 0.3) is 0 Å². The van der Waals surface area contributed by atoms with E-state index in [2.05, 4.69) is 27.2 Å². The van der Waals surface area contributed by atoms with Crippen molar-refractivity contribution in [3.05, 3.63) is 53.0 Å². The number of pyridine rings is 1. The second-order valence-electron chi connectivity index (χ2n) is 9.41. The molecule has 3 rings (SSSR count). The van der Waals surface area contributed by atoms with Crippen molar-refractivity contribution in [3.8, 4) is 0 Å². The highest BCUT2D eigenvalue weighted by molar-refractivity contribution is 7.99. The van der Waals surface area contributed by atoms with E-state index >= 15 is 0 Å². The number of halogens is 4. The fourth-order valence-corrected chi connectivity index (χ4v) is 5.67. The van der Waals surface area contributed by atoms with E-state index in [-0.39, 0.29) is 22.5 Å². The number of anilines is 1. The zero-order chi connectivity index (χ0) is 30.1. The van der Waals surface area contributed by atoms with Crippen molar-refractivity contribution in [1.29, 1.82) is 0 Å². The lowest BCUT2D eigenvalue weighted by Gasteiger charge is -2.22. The molecule has 1 heterocycles. The summed E-state index contributed by atoms with van der Waals surface area (Å²) in [5, 5.41) is 3.13. The maximum Gasteiger partial charge on any atom is 0.433 e. The summed E-state index contributed by atoms with van der Waals surface area (Å²) in [5.41, 5.74) is 4.62. The molecule has 1 aliphatic carbocycles. The average molecular weight is 623 g/mol. The molecule has 0 aliphatic heterocycles. The van der Waals surface area contributed by atoms with Crippen molar-refractivity contribution < 1.29 is 30.8 Å². The van der Waals surface area contributed by atoms with Crippen molar-refractivity contribution >= 4 is 50.6 Å². The van der Waals surface area contributed by atoms with E-state index in [1.54, 1.807) is 6.92 Å². The Morgan fingerprint density at radius 3 is 2.35 bits per heavy atom. The van der Waals surface area contributed by atoms with Crippen LogP contribution in [0, 0.1) is 5.82 Å². The normalized spacial score (nSPS) is 15.0. The maximum absolute atomic E-state index is 14.3.